The summed E-state index contributed by atoms with van der Waals surface area (Å²) >= 11 is 0. The summed E-state index contributed by atoms with van der Waals surface area (Å²) in [5, 5.41) is 0. The predicted octanol–water partition coefficient (Wildman–Crippen LogP) is 1.87. The van der Waals surface area contributed by atoms with E-state index in [0.717, 1.165) is 38.8 Å². The molecule has 1 saturated heterocycles. The molecule has 19 heavy (non-hydrogen) atoms. The molecule has 0 aliphatic carbocycles. The van der Waals surface area contributed by atoms with E-state index in [2.05, 4.69) is 6.58 Å². The number of hydrogen-bond donors (Lipinski definition) is 0. The van der Waals surface area contributed by atoms with E-state index in [4.69, 9.17) is 9.47 Å². The number of likely N-dealkylation sites (tertiary alicyclic amines) is 1. The Balaban J connectivity index is 1.87. The second-order valence-electron chi connectivity index (χ2n) is 4.78. The fourth-order valence-electron chi connectivity index (χ4n) is 1.90. The highest BCUT2D eigenvalue weighted by atomic mass is 16.7. The molecular formula is C14H23NO4. The molecule has 1 aliphatic heterocycles. The molecule has 5 nitrogen and oxygen atoms in total. The van der Waals surface area contributed by atoms with Gasteiger partial charge in [0.15, 0.2) is 6.79 Å². The van der Waals surface area contributed by atoms with Crippen molar-refractivity contribution in [1.82, 2.24) is 4.90 Å². The van der Waals surface area contributed by atoms with E-state index in [1.165, 1.54) is 0 Å². The summed E-state index contributed by atoms with van der Waals surface area (Å²) in [6, 6.07) is 0. The fraction of sp³-hybridized carbons (Fsp3) is 0.714. The van der Waals surface area contributed by atoms with Gasteiger partial charge in [0, 0.05) is 25.1 Å². The van der Waals surface area contributed by atoms with E-state index in [-0.39, 0.29) is 12.7 Å². The van der Waals surface area contributed by atoms with E-state index in [0.29, 0.717) is 18.6 Å². The second-order valence-corrected chi connectivity index (χ2v) is 4.78. The third-order valence-electron chi connectivity index (χ3n) is 3.01. The summed E-state index contributed by atoms with van der Waals surface area (Å²) in [6.07, 6.45) is 4.62. The lowest BCUT2D eigenvalue weighted by Crippen LogP contribution is -2.25. The van der Waals surface area contributed by atoms with Gasteiger partial charge in [-0.05, 0) is 32.6 Å². The van der Waals surface area contributed by atoms with Crippen LogP contribution in [0.15, 0.2) is 12.2 Å². The van der Waals surface area contributed by atoms with E-state index in [1.807, 2.05) is 4.90 Å². The van der Waals surface area contributed by atoms with Crippen LogP contribution in [0, 0.1) is 0 Å². The van der Waals surface area contributed by atoms with Gasteiger partial charge in [0.25, 0.3) is 0 Å². The molecule has 1 fully saturated rings. The summed E-state index contributed by atoms with van der Waals surface area (Å²) in [5.74, 6) is -0.143. The quantitative estimate of drug-likeness (QED) is 0.277. The Morgan fingerprint density at radius 3 is 2.79 bits per heavy atom. The summed E-state index contributed by atoms with van der Waals surface area (Å²) in [6.45, 7) is 7.38. The Bertz CT molecular complexity index is 327. The van der Waals surface area contributed by atoms with Crippen molar-refractivity contribution in [2.24, 2.45) is 0 Å². The molecular weight excluding hydrogens is 246 g/mol. The van der Waals surface area contributed by atoms with Crippen LogP contribution in [-0.4, -0.2) is 43.3 Å². The molecule has 1 amide bonds. The van der Waals surface area contributed by atoms with Gasteiger partial charge in [-0.15, -0.1) is 0 Å². The summed E-state index contributed by atoms with van der Waals surface area (Å²) in [7, 11) is 0. The molecule has 0 saturated carbocycles. The molecule has 0 atom stereocenters. The smallest absolute Gasteiger partial charge is 0.335 e. The number of amides is 1. The molecule has 1 heterocycles. The van der Waals surface area contributed by atoms with Gasteiger partial charge < -0.3 is 14.4 Å². The third kappa shape index (κ3) is 6.38. The van der Waals surface area contributed by atoms with E-state index in [9.17, 15) is 9.59 Å². The Labute approximate surface area is 114 Å². The monoisotopic (exact) mass is 269 g/mol. The van der Waals surface area contributed by atoms with Crippen molar-refractivity contribution in [1.29, 1.82) is 0 Å². The molecule has 0 spiro atoms. The van der Waals surface area contributed by atoms with Crippen molar-refractivity contribution in [3.05, 3.63) is 12.2 Å². The average molecular weight is 269 g/mol. The predicted molar refractivity (Wildman–Crippen MR) is 71.4 cm³/mol. The maximum atomic E-state index is 11.3. The molecule has 0 aromatic carbocycles. The van der Waals surface area contributed by atoms with Gasteiger partial charge in [-0.3, -0.25) is 4.79 Å². The van der Waals surface area contributed by atoms with E-state index >= 15 is 0 Å². The minimum Gasteiger partial charge on any atom is -0.435 e. The molecule has 0 unspecified atom stereocenters. The van der Waals surface area contributed by atoms with Crippen molar-refractivity contribution in [3.8, 4) is 0 Å². The number of rotatable bonds is 9. The van der Waals surface area contributed by atoms with Crippen LogP contribution in [0.4, 0.5) is 0 Å². The average Bonchev–Trinajstić information content (AvgIpc) is 2.78. The van der Waals surface area contributed by atoms with Crippen molar-refractivity contribution < 1.29 is 19.1 Å². The van der Waals surface area contributed by atoms with Gasteiger partial charge in [0.1, 0.15) is 0 Å². The molecule has 1 aliphatic rings. The Hall–Kier alpha value is -1.36. The van der Waals surface area contributed by atoms with Gasteiger partial charge >= 0.3 is 5.97 Å². The number of ether oxygens (including phenoxy) is 2. The highest BCUT2D eigenvalue weighted by molar-refractivity contribution is 5.86. The Kier molecular flexibility index (Phi) is 7.18. The first-order valence-corrected chi connectivity index (χ1v) is 6.79. The number of esters is 1. The van der Waals surface area contributed by atoms with Gasteiger partial charge in [-0.25, -0.2) is 4.79 Å². The Morgan fingerprint density at radius 2 is 2.16 bits per heavy atom. The lowest BCUT2D eigenvalue weighted by molar-refractivity contribution is -0.151. The minimum atomic E-state index is -0.424. The van der Waals surface area contributed by atoms with Crippen molar-refractivity contribution >= 4 is 11.9 Å². The van der Waals surface area contributed by atoms with Crippen molar-refractivity contribution in [2.75, 3.05) is 26.5 Å². The number of carbonyl (C=O) groups is 2. The molecule has 108 valence electrons. The minimum absolute atomic E-state index is 0.0176. The molecule has 1 rings (SSSR count). The molecule has 0 bridgehead atoms. The third-order valence-corrected chi connectivity index (χ3v) is 3.01. The number of nitrogens with zero attached hydrogens (tertiary/aromatic N) is 1. The van der Waals surface area contributed by atoms with Crippen LogP contribution in [-0.2, 0) is 19.1 Å². The number of hydrogen-bond acceptors (Lipinski definition) is 4. The molecule has 0 radical (unpaired) electrons. The van der Waals surface area contributed by atoms with Gasteiger partial charge in [0.2, 0.25) is 5.91 Å². The normalized spacial score (nSPS) is 14.8. The molecule has 0 aromatic heterocycles. The SMILES string of the molecule is C=C(C)C(=O)OCOCCCCCN1CCCC1=O. The number of unbranched alkanes of at least 4 members (excludes halogenated alkanes) is 2. The Morgan fingerprint density at radius 1 is 1.37 bits per heavy atom. The summed E-state index contributed by atoms with van der Waals surface area (Å²) < 4.78 is 9.97. The van der Waals surface area contributed by atoms with Gasteiger partial charge in [-0.2, -0.15) is 0 Å². The van der Waals surface area contributed by atoms with Crippen LogP contribution in [0.5, 0.6) is 0 Å². The van der Waals surface area contributed by atoms with E-state index < -0.39 is 5.97 Å². The number of carbonyl (C=O) groups excluding carboxylic acids is 2. The highest BCUT2D eigenvalue weighted by Gasteiger charge is 2.18. The van der Waals surface area contributed by atoms with Crippen LogP contribution in [0.1, 0.15) is 39.0 Å². The standard InChI is InChI=1S/C14H23NO4/c1-12(2)14(17)19-11-18-10-5-3-4-8-15-9-6-7-13(15)16/h1,3-11H2,2H3. The molecule has 0 aromatic rings. The van der Waals surface area contributed by atoms with Crippen molar-refractivity contribution in [3.63, 3.8) is 0 Å². The van der Waals surface area contributed by atoms with Gasteiger partial charge in [0.05, 0.1) is 6.61 Å². The maximum Gasteiger partial charge on any atom is 0.335 e. The molecule has 0 N–H and O–H groups in total. The van der Waals surface area contributed by atoms with E-state index in [1.54, 1.807) is 6.92 Å². The highest BCUT2D eigenvalue weighted by Crippen LogP contribution is 2.10. The maximum absolute atomic E-state index is 11.3. The molecule has 5 heteroatoms. The van der Waals surface area contributed by atoms with Crippen LogP contribution in [0.3, 0.4) is 0 Å². The fourth-order valence-corrected chi connectivity index (χ4v) is 1.90. The lowest BCUT2D eigenvalue weighted by Gasteiger charge is -2.14. The van der Waals surface area contributed by atoms with Crippen LogP contribution in [0.2, 0.25) is 0 Å². The topological polar surface area (TPSA) is 55.8 Å². The van der Waals surface area contributed by atoms with Gasteiger partial charge in [-0.1, -0.05) is 6.58 Å². The first-order chi connectivity index (χ1) is 9.11. The summed E-state index contributed by atoms with van der Waals surface area (Å²) in [5.41, 5.74) is 0.374. The zero-order chi connectivity index (χ0) is 14.1. The zero-order valence-corrected chi connectivity index (χ0v) is 11.7. The summed E-state index contributed by atoms with van der Waals surface area (Å²) in [4.78, 5) is 24.3. The zero-order valence-electron chi connectivity index (χ0n) is 11.7. The lowest BCUT2D eigenvalue weighted by atomic mass is 10.2. The van der Waals surface area contributed by atoms with Crippen molar-refractivity contribution in [2.45, 2.75) is 39.0 Å². The largest absolute Gasteiger partial charge is 0.435 e. The second kappa shape index (κ2) is 8.69. The van der Waals surface area contributed by atoms with Crippen LogP contribution < -0.4 is 0 Å². The van der Waals surface area contributed by atoms with Crippen LogP contribution in [0.25, 0.3) is 0 Å². The first kappa shape index (κ1) is 15.7. The van der Waals surface area contributed by atoms with Crippen LogP contribution >= 0.6 is 0 Å². The first-order valence-electron chi connectivity index (χ1n) is 6.79.